The largest absolute Gasteiger partial charge is 0.369 e. The van der Waals surface area contributed by atoms with E-state index < -0.39 is 0 Å². The van der Waals surface area contributed by atoms with Gasteiger partial charge in [0.2, 0.25) is 5.91 Å². The third kappa shape index (κ3) is 3.38. The highest BCUT2D eigenvalue weighted by Gasteiger charge is 2.18. The highest BCUT2D eigenvalue weighted by molar-refractivity contribution is 5.93. The first-order chi connectivity index (χ1) is 13.6. The van der Waals surface area contributed by atoms with Gasteiger partial charge in [-0.15, -0.1) is 0 Å². The standard InChI is InChI=1S/C23H28N4O/c1-4-23(28)25-20-13-18(26-11-9-24-10-12-26)14-22(17(20)3)27-15-16(2)19-7-5-6-8-21(19)27/h5-8,13-15,24H,4,9-12H2,1-3H3,(H,25,28). The van der Waals surface area contributed by atoms with E-state index in [2.05, 4.69) is 76.5 Å². The molecule has 0 unspecified atom stereocenters. The maximum absolute atomic E-state index is 12.1. The van der Waals surface area contributed by atoms with E-state index in [1.807, 2.05) is 6.92 Å². The Kier molecular flexibility index (Phi) is 5.09. The van der Waals surface area contributed by atoms with Gasteiger partial charge in [-0.1, -0.05) is 25.1 Å². The Morgan fingerprint density at radius 1 is 1.14 bits per heavy atom. The molecule has 0 saturated carbocycles. The van der Waals surface area contributed by atoms with Gasteiger partial charge in [0.1, 0.15) is 0 Å². The Balaban J connectivity index is 1.89. The summed E-state index contributed by atoms with van der Waals surface area (Å²) in [6, 6.07) is 12.9. The molecule has 0 aliphatic carbocycles. The second-order valence-electron chi connectivity index (χ2n) is 7.48. The van der Waals surface area contributed by atoms with Gasteiger partial charge >= 0.3 is 0 Å². The van der Waals surface area contributed by atoms with Crippen LogP contribution in [0.4, 0.5) is 11.4 Å². The van der Waals surface area contributed by atoms with Crippen molar-refractivity contribution in [3.63, 3.8) is 0 Å². The SMILES string of the molecule is CCC(=O)Nc1cc(N2CCNCC2)cc(-n2cc(C)c3ccccc32)c1C. The van der Waals surface area contributed by atoms with E-state index in [-0.39, 0.29) is 5.91 Å². The summed E-state index contributed by atoms with van der Waals surface area (Å²) in [5, 5.41) is 7.78. The number of piperazine rings is 1. The number of carbonyl (C=O) groups excluding carboxylic acids is 1. The lowest BCUT2D eigenvalue weighted by Gasteiger charge is -2.31. The summed E-state index contributed by atoms with van der Waals surface area (Å²) in [7, 11) is 0. The lowest BCUT2D eigenvalue weighted by molar-refractivity contribution is -0.115. The average Bonchev–Trinajstić information content (AvgIpc) is 3.07. The fraction of sp³-hybridized carbons (Fsp3) is 0.348. The van der Waals surface area contributed by atoms with Crippen molar-refractivity contribution in [2.45, 2.75) is 27.2 Å². The number of hydrogen-bond acceptors (Lipinski definition) is 3. The first kappa shape index (κ1) is 18.6. The Bertz CT molecular complexity index is 1010. The van der Waals surface area contributed by atoms with Crippen molar-refractivity contribution in [2.75, 3.05) is 36.4 Å². The topological polar surface area (TPSA) is 49.3 Å². The van der Waals surface area contributed by atoms with Crippen molar-refractivity contribution in [1.82, 2.24) is 9.88 Å². The molecule has 0 spiro atoms. The second kappa shape index (κ2) is 7.68. The predicted octanol–water partition coefficient (Wildman–Crippen LogP) is 4.01. The molecule has 3 aromatic rings. The predicted molar refractivity (Wildman–Crippen MR) is 117 cm³/mol. The molecule has 2 aromatic carbocycles. The summed E-state index contributed by atoms with van der Waals surface area (Å²) in [5.74, 6) is 0.0417. The Labute approximate surface area is 166 Å². The first-order valence-electron chi connectivity index (χ1n) is 10.1. The highest BCUT2D eigenvalue weighted by atomic mass is 16.1. The molecular formula is C23H28N4O. The van der Waals surface area contributed by atoms with Crippen LogP contribution in [0.5, 0.6) is 0 Å². The number of para-hydroxylation sites is 1. The smallest absolute Gasteiger partial charge is 0.224 e. The van der Waals surface area contributed by atoms with Gasteiger partial charge in [0, 0.05) is 55.6 Å². The van der Waals surface area contributed by atoms with Gasteiger partial charge in [0.05, 0.1) is 11.2 Å². The fourth-order valence-corrected chi connectivity index (χ4v) is 3.96. The van der Waals surface area contributed by atoms with Crippen LogP contribution in [0.1, 0.15) is 24.5 Å². The maximum atomic E-state index is 12.1. The van der Waals surface area contributed by atoms with Crippen LogP contribution in [-0.2, 0) is 4.79 Å². The zero-order valence-electron chi connectivity index (χ0n) is 16.9. The maximum Gasteiger partial charge on any atom is 0.224 e. The highest BCUT2D eigenvalue weighted by Crippen LogP contribution is 2.33. The molecular weight excluding hydrogens is 348 g/mol. The number of aryl methyl sites for hydroxylation is 1. The number of amides is 1. The minimum Gasteiger partial charge on any atom is -0.369 e. The number of fused-ring (bicyclic) bond motifs is 1. The third-order valence-electron chi connectivity index (χ3n) is 5.61. The molecule has 146 valence electrons. The van der Waals surface area contributed by atoms with E-state index in [1.54, 1.807) is 0 Å². The summed E-state index contributed by atoms with van der Waals surface area (Å²) >= 11 is 0. The number of carbonyl (C=O) groups is 1. The Morgan fingerprint density at radius 3 is 2.64 bits per heavy atom. The Hall–Kier alpha value is -2.79. The molecule has 0 atom stereocenters. The molecule has 2 N–H and O–H groups in total. The first-order valence-corrected chi connectivity index (χ1v) is 10.1. The quantitative estimate of drug-likeness (QED) is 0.723. The number of nitrogens with zero attached hydrogens (tertiary/aromatic N) is 2. The number of benzene rings is 2. The molecule has 5 nitrogen and oxygen atoms in total. The van der Waals surface area contributed by atoms with Crippen molar-refractivity contribution in [3.05, 3.63) is 53.7 Å². The molecule has 1 aliphatic heterocycles. The summed E-state index contributed by atoms with van der Waals surface area (Å²) in [6.07, 6.45) is 2.66. The zero-order chi connectivity index (χ0) is 19.7. The van der Waals surface area contributed by atoms with Crippen LogP contribution in [-0.4, -0.2) is 36.7 Å². The van der Waals surface area contributed by atoms with Gasteiger partial charge in [0.15, 0.2) is 0 Å². The van der Waals surface area contributed by atoms with E-state index in [4.69, 9.17) is 0 Å². The normalized spacial score (nSPS) is 14.5. The molecule has 28 heavy (non-hydrogen) atoms. The van der Waals surface area contributed by atoms with Crippen LogP contribution < -0.4 is 15.5 Å². The van der Waals surface area contributed by atoms with Crippen molar-refractivity contribution in [1.29, 1.82) is 0 Å². The lowest BCUT2D eigenvalue weighted by Crippen LogP contribution is -2.43. The molecule has 2 heterocycles. The van der Waals surface area contributed by atoms with E-state index >= 15 is 0 Å². The van der Waals surface area contributed by atoms with Gasteiger partial charge < -0.3 is 20.1 Å². The van der Waals surface area contributed by atoms with Crippen LogP contribution in [0, 0.1) is 13.8 Å². The molecule has 1 aliphatic rings. The van der Waals surface area contributed by atoms with Gasteiger partial charge in [-0.25, -0.2) is 0 Å². The lowest BCUT2D eigenvalue weighted by atomic mass is 10.1. The summed E-state index contributed by atoms with van der Waals surface area (Å²) in [5.41, 5.74) is 6.69. The average molecular weight is 377 g/mol. The number of nitrogens with one attached hydrogen (secondary N) is 2. The second-order valence-corrected chi connectivity index (χ2v) is 7.48. The summed E-state index contributed by atoms with van der Waals surface area (Å²) in [6.45, 7) is 10.0. The number of aromatic nitrogens is 1. The van der Waals surface area contributed by atoms with Crippen molar-refractivity contribution in [3.8, 4) is 5.69 Å². The number of rotatable bonds is 4. The van der Waals surface area contributed by atoms with Crippen molar-refractivity contribution in [2.24, 2.45) is 0 Å². The fourth-order valence-electron chi connectivity index (χ4n) is 3.96. The summed E-state index contributed by atoms with van der Waals surface area (Å²) < 4.78 is 2.26. The van der Waals surface area contributed by atoms with Gasteiger partial charge in [-0.2, -0.15) is 0 Å². The van der Waals surface area contributed by atoms with Crippen molar-refractivity contribution >= 4 is 28.2 Å². The number of anilines is 2. The van der Waals surface area contributed by atoms with Crippen LogP contribution in [0.3, 0.4) is 0 Å². The molecule has 0 bridgehead atoms. The third-order valence-corrected chi connectivity index (χ3v) is 5.61. The zero-order valence-corrected chi connectivity index (χ0v) is 16.9. The molecule has 1 aromatic heterocycles. The van der Waals surface area contributed by atoms with E-state index in [1.165, 1.54) is 16.5 Å². The minimum absolute atomic E-state index is 0.0417. The van der Waals surface area contributed by atoms with Gasteiger partial charge in [-0.05, 0) is 43.2 Å². The van der Waals surface area contributed by atoms with Gasteiger partial charge in [0.25, 0.3) is 0 Å². The molecule has 0 radical (unpaired) electrons. The van der Waals surface area contributed by atoms with E-state index in [0.717, 1.165) is 48.8 Å². The Morgan fingerprint density at radius 2 is 1.89 bits per heavy atom. The van der Waals surface area contributed by atoms with E-state index in [9.17, 15) is 4.79 Å². The van der Waals surface area contributed by atoms with Crippen LogP contribution in [0.2, 0.25) is 0 Å². The van der Waals surface area contributed by atoms with Crippen LogP contribution in [0.15, 0.2) is 42.6 Å². The number of hydrogen-bond donors (Lipinski definition) is 2. The molecule has 4 rings (SSSR count). The van der Waals surface area contributed by atoms with Crippen LogP contribution >= 0.6 is 0 Å². The summed E-state index contributed by atoms with van der Waals surface area (Å²) in [4.78, 5) is 14.5. The molecule has 1 fully saturated rings. The molecule has 1 saturated heterocycles. The molecule has 1 amide bonds. The van der Waals surface area contributed by atoms with Crippen LogP contribution in [0.25, 0.3) is 16.6 Å². The molecule has 5 heteroatoms. The minimum atomic E-state index is 0.0417. The monoisotopic (exact) mass is 376 g/mol. The van der Waals surface area contributed by atoms with Gasteiger partial charge in [-0.3, -0.25) is 4.79 Å². The van der Waals surface area contributed by atoms with Crippen molar-refractivity contribution < 1.29 is 4.79 Å². The van der Waals surface area contributed by atoms with E-state index in [0.29, 0.717) is 6.42 Å².